The number of amidine groups is 1. The number of halogens is 1. The molecule has 1 unspecified atom stereocenters. The predicted molar refractivity (Wildman–Crippen MR) is 105 cm³/mol. The second kappa shape index (κ2) is 9.89. The molecule has 7 nitrogen and oxygen atoms in total. The monoisotopic (exact) mass is 402 g/mol. The zero-order valence-electron chi connectivity index (χ0n) is 15.1. The summed E-state index contributed by atoms with van der Waals surface area (Å²) < 4.78 is 26.8. The number of nitrogens with two attached hydrogens (primary N) is 1. The van der Waals surface area contributed by atoms with E-state index in [0.717, 1.165) is 12.8 Å². The van der Waals surface area contributed by atoms with Crippen LogP contribution in [0.4, 0.5) is 0 Å². The maximum absolute atomic E-state index is 12.5. The van der Waals surface area contributed by atoms with Crippen molar-refractivity contribution in [2.75, 3.05) is 13.1 Å². The number of nitrogens with zero attached hydrogens (tertiary/aromatic N) is 1. The van der Waals surface area contributed by atoms with Gasteiger partial charge in [-0.2, -0.15) is 0 Å². The Bertz CT molecular complexity index is 750. The summed E-state index contributed by atoms with van der Waals surface area (Å²) in [6.07, 6.45) is 2.19. The molecule has 1 aliphatic heterocycles. The summed E-state index contributed by atoms with van der Waals surface area (Å²) in [5.74, 6) is 0.289. The minimum atomic E-state index is -3.61. The highest BCUT2D eigenvalue weighted by Gasteiger charge is 2.31. The van der Waals surface area contributed by atoms with Gasteiger partial charge in [-0.15, -0.1) is 12.4 Å². The molecular weight excluding hydrogens is 376 g/mol. The molecule has 4 N–H and O–H groups in total. The van der Waals surface area contributed by atoms with Gasteiger partial charge in [-0.3, -0.25) is 14.5 Å². The van der Waals surface area contributed by atoms with Crippen LogP contribution in [0, 0.1) is 5.92 Å². The molecule has 0 bridgehead atoms. The number of hydrogen-bond donors (Lipinski definition) is 3. The average molecular weight is 403 g/mol. The Labute approximate surface area is 161 Å². The van der Waals surface area contributed by atoms with Gasteiger partial charge in [0.15, 0.2) is 0 Å². The molecule has 0 aliphatic carbocycles. The van der Waals surface area contributed by atoms with Crippen LogP contribution in [-0.4, -0.2) is 39.3 Å². The van der Waals surface area contributed by atoms with Crippen LogP contribution in [-0.2, 0) is 14.8 Å². The molecular formula is C17H27ClN4O3S. The molecule has 1 amide bonds. The molecule has 1 aromatic rings. The lowest BCUT2D eigenvalue weighted by Crippen LogP contribution is -2.37. The summed E-state index contributed by atoms with van der Waals surface area (Å²) in [7, 11) is -3.61. The van der Waals surface area contributed by atoms with E-state index in [0.29, 0.717) is 25.1 Å². The van der Waals surface area contributed by atoms with Crippen molar-refractivity contribution in [3.63, 3.8) is 0 Å². The van der Waals surface area contributed by atoms with Gasteiger partial charge in [0.25, 0.3) is 10.0 Å². The zero-order valence-corrected chi connectivity index (χ0v) is 16.7. The molecule has 0 saturated carbocycles. The molecule has 1 aliphatic rings. The average Bonchev–Trinajstić information content (AvgIpc) is 2.81. The third-order valence-corrected chi connectivity index (χ3v) is 5.27. The number of sulfonamides is 1. The topological polar surface area (TPSA) is 114 Å². The molecule has 1 heterocycles. The van der Waals surface area contributed by atoms with Crippen molar-refractivity contribution in [1.29, 1.82) is 0 Å². The Morgan fingerprint density at radius 3 is 2.62 bits per heavy atom. The summed E-state index contributed by atoms with van der Waals surface area (Å²) >= 11 is 0. The smallest absolute Gasteiger partial charge is 0.263 e. The van der Waals surface area contributed by atoms with Crippen molar-refractivity contribution < 1.29 is 13.2 Å². The fraction of sp³-hybridized carbons (Fsp3) is 0.529. The molecule has 0 spiro atoms. The molecule has 146 valence electrons. The second-order valence-electron chi connectivity index (χ2n) is 6.51. The molecule has 1 aromatic carbocycles. The zero-order chi connectivity index (χ0) is 18.4. The number of unbranched alkanes of at least 4 members (excludes halogenated alkanes) is 1. The van der Waals surface area contributed by atoms with Gasteiger partial charge < -0.3 is 11.1 Å². The number of benzene rings is 1. The van der Waals surface area contributed by atoms with E-state index in [9.17, 15) is 13.2 Å². The van der Waals surface area contributed by atoms with Gasteiger partial charge in [-0.25, -0.2) is 8.42 Å². The number of carbonyl (C=O) groups is 1. The van der Waals surface area contributed by atoms with E-state index in [1.54, 1.807) is 18.2 Å². The Morgan fingerprint density at radius 1 is 1.27 bits per heavy atom. The second-order valence-corrected chi connectivity index (χ2v) is 8.16. The van der Waals surface area contributed by atoms with Crippen LogP contribution < -0.4 is 15.8 Å². The van der Waals surface area contributed by atoms with E-state index in [1.165, 1.54) is 6.07 Å². The largest absolute Gasteiger partial charge is 0.354 e. The van der Waals surface area contributed by atoms with Crippen LogP contribution in [0.3, 0.4) is 0 Å². The number of nitrogens with one attached hydrogen (secondary N) is 2. The maximum atomic E-state index is 12.5. The first-order valence-electron chi connectivity index (χ1n) is 8.53. The van der Waals surface area contributed by atoms with E-state index < -0.39 is 16.1 Å². The fourth-order valence-electron chi connectivity index (χ4n) is 2.65. The highest BCUT2D eigenvalue weighted by molar-refractivity contribution is 7.90. The molecule has 0 fully saturated rings. The first kappa shape index (κ1) is 22.4. The lowest BCUT2D eigenvalue weighted by Gasteiger charge is -2.16. The van der Waals surface area contributed by atoms with Crippen molar-refractivity contribution in [2.24, 2.45) is 16.6 Å². The molecule has 2 rings (SSSR count). The van der Waals surface area contributed by atoms with Crippen molar-refractivity contribution in [3.05, 3.63) is 29.8 Å². The van der Waals surface area contributed by atoms with Crippen LogP contribution in [0.2, 0.25) is 0 Å². The number of aliphatic imine (C=N–C) groups is 1. The van der Waals surface area contributed by atoms with Gasteiger partial charge in [0.2, 0.25) is 5.91 Å². The maximum Gasteiger partial charge on any atom is 0.263 e. The van der Waals surface area contributed by atoms with Crippen molar-refractivity contribution in [2.45, 2.75) is 44.0 Å². The molecule has 1 atom stereocenters. The van der Waals surface area contributed by atoms with E-state index in [-0.39, 0.29) is 35.0 Å². The molecule has 26 heavy (non-hydrogen) atoms. The van der Waals surface area contributed by atoms with Crippen molar-refractivity contribution >= 4 is 34.2 Å². The molecule has 9 heteroatoms. The number of fused-ring (bicyclic) bond motifs is 1. The van der Waals surface area contributed by atoms with Crippen LogP contribution in [0.25, 0.3) is 0 Å². The van der Waals surface area contributed by atoms with Gasteiger partial charge in [0, 0.05) is 12.1 Å². The standard InChI is InChI=1S/C17H26N4O3S.ClH/c1-12(2)11-14(17(22)19-10-6-5-9-18)20-16-13-7-3-4-8-15(13)25(23,24)21-16;/h3-4,7-8,12,14H,5-6,9-11,18H2,1-2H3,(H,19,22)(H,20,21);1H. The van der Waals surface area contributed by atoms with Crippen LogP contribution >= 0.6 is 12.4 Å². The van der Waals surface area contributed by atoms with Crippen molar-refractivity contribution in [1.82, 2.24) is 10.0 Å². The molecule has 0 radical (unpaired) electrons. The number of rotatable bonds is 8. The predicted octanol–water partition coefficient (Wildman–Crippen LogP) is 1.42. The third-order valence-electron chi connectivity index (χ3n) is 3.88. The van der Waals surface area contributed by atoms with E-state index in [1.807, 2.05) is 13.8 Å². The first-order chi connectivity index (χ1) is 11.8. The first-order valence-corrected chi connectivity index (χ1v) is 10.0. The quantitative estimate of drug-likeness (QED) is 0.570. The van der Waals surface area contributed by atoms with Gasteiger partial charge in [0.1, 0.15) is 11.9 Å². The highest BCUT2D eigenvalue weighted by atomic mass is 35.5. The van der Waals surface area contributed by atoms with Crippen LogP contribution in [0.5, 0.6) is 0 Å². The minimum absolute atomic E-state index is 0. The number of amides is 1. The number of hydrogen-bond acceptors (Lipinski definition) is 5. The SMILES string of the molecule is CC(C)CC(N=C1NS(=O)(=O)c2ccccc21)C(=O)NCCCCN.Cl. The lowest BCUT2D eigenvalue weighted by atomic mass is 10.0. The lowest BCUT2D eigenvalue weighted by molar-refractivity contribution is -0.122. The van der Waals surface area contributed by atoms with Crippen molar-refractivity contribution in [3.8, 4) is 0 Å². The summed E-state index contributed by atoms with van der Waals surface area (Å²) in [5.41, 5.74) is 5.96. The van der Waals surface area contributed by atoms with E-state index in [2.05, 4.69) is 15.0 Å². The van der Waals surface area contributed by atoms with Gasteiger partial charge in [-0.1, -0.05) is 26.0 Å². The van der Waals surface area contributed by atoms with Gasteiger partial charge in [-0.05, 0) is 43.9 Å². The Balaban J connectivity index is 0.00000338. The van der Waals surface area contributed by atoms with Gasteiger partial charge >= 0.3 is 0 Å². The summed E-state index contributed by atoms with van der Waals surface area (Å²) in [5, 5.41) is 2.86. The molecule has 0 aromatic heterocycles. The summed E-state index contributed by atoms with van der Waals surface area (Å²) in [6, 6.07) is 6.00. The Hall–Kier alpha value is -1.64. The van der Waals surface area contributed by atoms with E-state index in [4.69, 9.17) is 5.73 Å². The third kappa shape index (κ3) is 5.69. The van der Waals surface area contributed by atoms with Crippen LogP contribution in [0.15, 0.2) is 34.2 Å². The van der Waals surface area contributed by atoms with Gasteiger partial charge in [0.05, 0.1) is 4.90 Å². The fourth-order valence-corrected chi connectivity index (χ4v) is 3.89. The normalized spacial score (nSPS) is 17.3. The summed E-state index contributed by atoms with van der Waals surface area (Å²) in [6.45, 7) is 5.13. The Morgan fingerprint density at radius 2 is 1.96 bits per heavy atom. The number of carbonyl (C=O) groups excluding carboxylic acids is 1. The molecule has 0 saturated heterocycles. The highest BCUT2D eigenvalue weighted by Crippen LogP contribution is 2.23. The van der Waals surface area contributed by atoms with Crippen LogP contribution in [0.1, 0.15) is 38.7 Å². The minimum Gasteiger partial charge on any atom is -0.354 e. The van der Waals surface area contributed by atoms with E-state index >= 15 is 0 Å². The Kier molecular flexibility index (Phi) is 8.52. The summed E-state index contributed by atoms with van der Waals surface area (Å²) in [4.78, 5) is 17.1.